The van der Waals surface area contributed by atoms with Crippen LogP contribution in [0.5, 0.6) is 0 Å². The Morgan fingerprint density at radius 3 is 1.46 bits per heavy atom. The average Bonchev–Trinajstić information content (AvgIpc) is 2.59. The van der Waals surface area contributed by atoms with Gasteiger partial charge in [0, 0.05) is 11.1 Å². The van der Waals surface area contributed by atoms with Crippen LogP contribution >= 0.6 is 0 Å². The summed E-state index contributed by atoms with van der Waals surface area (Å²) in [6.45, 7) is 1.74. The number of aliphatic carboxylic acids is 2. The molecule has 0 radical (unpaired) electrons. The average molecular weight is 346 g/mol. The molecule has 0 saturated carbocycles. The van der Waals surface area contributed by atoms with E-state index in [-0.39, 0.29) is 0 Å². The van der Waals surface area contributed by atoms with Gasteiger partial charge in [0.2, 0.25) is 0 Å². The van der Waals surface area contributed by atoms with Crippen molar-refractivity contribution in [3.63, 3.8) is 0 Å². The first-order valence-corrected chi connectivity index (χ1v) is 6.96. The lowest BCUT2D eigenvalue weighted by molar-refractivity contribution is -0.388. The van der Waals surface area contributed by atoms with Crippen molar-refractivity contribution in [2.45, 2.75) is 37.5 Å². The molecule has 0 aliphatic heterocycles. The van der Waals surface area contributed by atoms with Gasteiger partial charge in [0.05, 0.1) is 25.0 Å². The second-order valence-corrected chi connectivity index (χ2v) is 4.83. The molecule has 0 aromatic heterocycles. The third kappa shape index (κ3) is 7.00. The van der Waals surface area contributed by atoms with Crippen LogP contribution < -0.4 is 21.7 Å². The normalized spacial score (nSPS) is 15.4. The number of aliphatic hydroxyl groups is 4. The summed E-state index contributed by atoms with van der Waals surface area (Å²) >= 11 is 0. The summed E-state index contributed by atoms with van der Waals surface area (Å²) in [5.41, 5.74) is 10.2. The first kappa shape index (κ1) is 21.9. The molecule has 10 nitrogen and oxygen atoms in total. The fourth-order valence-electron chi connectivity index (χ4n) is 1.59. The van der Waals surface area contributed by atoms with Crippen molar-refractivity contribution in [1.29, 1.82) is 0 Å². The number of carbonyl (C=O) groups is 2. The number of benzene rings is 1. The van der Waals surface area contributed by atoms with Gasteiger partial charge in [-0.1, -0.05) is 18.2 Å². The molecular weight excluding hydrogens is 324 g/mol. The molecule has 0 aliphatic rings. The maximum Gasteiger partial charge on any atom is 0.122 e. The van der Waals surface area contributed by atoms with E-state index in [1.54, 1.807) is 0 Å². The van der Waals surface area contributed by atoms with Crippen molar-refractivity contribution in [2.24, 2.45) is 0 Å². The Morgan fingerprint density at radius 2 is 1.21 bits per heavy atom. The van der Waals surface area contributed by atoms with Gasteiger partial charge >= 0.3 is 0 Å². The first-order chi connectivity index (χ1) is 11.1. The molecule has 136 valence electrons. The molecule has 0 saturated heterocycles. The van der Waals surface area contributed by atoms with Gasteiger partial charge in [-0.25, -0.2) is 0 Å². The van der Waals surface area contributed by atoms with Crippen LogP contribution in [0.2, 0.25) is 0 Å². The first-order valence-electron chi connectivity index (χ1n) is 6.96. The van der Waals surface area contributed by atoms with E-state index in [2.05, 4.69) is 35.7 Å². The van der Waals surface area contributed by atoms with E-state index in [4.69, 9.17) is 20.4 Å². The molecule has 10 heteroatoms. The predicted molar refractivity (Wildman–Crippen MR) is 73.7 cm³/mol. The molecule has 1 aromatic carbocycles. The number of carboxylic acid groups (broad SMARTS) is 2. The molecule has 0 fully saturated rings. The molecule has 0 aliphatic carbocycles. The predicted octanol–water partition coefficient (Wildman–Crippen LogP) is -6.90. The van der Waals surface area contributed by atoms with Crippen molar-refractivity contribution >= 4 is 11.9 Å². The number of carboxylic acids is 2. The SMILES string of the molecule is O=C([O-])C(O)C(O)C(O)C(O)C(=O)[O-].[NH3+]Cc1cccc(C[NH3+])c1. The van der Waals surface area contributed by atoms with Crippen LogP contribution in [0.4, 0.5) is 0 Å². The second kappa shape index (κ2) is 10.6. The number of quaternary nitrogens is 2. The van der Waals surface area contributed by atoms with Crippen molar-refractivity contribution in [3.05, 3.63) is 35.4 Å². The Kier molecular flexibility index (Phi) is 9.73. The van der Waals surface area contributed by atoms with E-state index in [1.165, 1.54) is 11.1 Å². The summed E-state index contributed by atoms with van der Waals surface area (Å²) in [6.07, 6.45) is -9.76. The Balaban J connectivity index is 0.000000463. The van der Waals surface area contributed by atoms with Gasteiger partial charge in [0.1, 0.15) is 24.4 Å². The molecule has 1 rings (SSSR count). The van der Waals surface area contributed by atoms with E-state index in [9.17, 15) is 19.8 Å². The lowest BCUT2D eigenvalue weighted by Crippen LogP contribution is -2.55. The maximum absolute atomic E-state index is 9.96. The lowest BCUT2D eigenvalue weighted by Gasteiger charge is -2.27. The smallest absolute Gasteiger partial charge is 0.122 e. The second-order valence-electron chi connectivity index (χ2n) is 4.83. The topological polar surface area (TPSA) is 216 Å². The maximum atomic E-state index is 9.96. The Morgan fingerprint density at radius 1 is 0.875 bits per heavy atom. The number of carbonyl (C=O) groups excluding carboxylic acids is 2. The zero-order valence-electron chi connectivity index (χ0n) is 12.9. The van der Waals surface area contributed by atoms with Crippen LogP contribution in [0.15, 0.2) is 24.3 Å². The van der Waals surface area contributed by atoms with Gasteiger partial charge in [-0.15, -0.1) is 0 Å². The highest BCUT2D eigenvalue weighted by Gasteiger charge is 2.31. The molecule has 24 heavy (non-hydrogen) atoms. The molecule has 4 unspecified atom stereocenters. The number of aliphatic hydroxyl groups excluding tert-OH is 4. The Bertz CT molecular complexity index is 496. The molecule has 4 atom stereocenters. The van der Waals surface area contributed by atoms with Crippen molar-refractivity contribution in [2.75, 3.05) is 0 Å². The van der Waals surface area contributed by atoms with Crippen LogP contribution in [0.25, 0.3) is 0 Å². The van der Waals surface area contributed by atoms with Gasteiger partial charge in [-0.3, -0.25) is 0 Å². The van der Waals surface area contributed by atoms with Crippen LogP contribution in [-0.4, -0.2) is 56.8 Å². The minimum atomic E-state index is -2.50. The number of rotatable bonds is 7. The quantitative estimate of drug-likeness (QED) is 0.278. The molecule has 10 N–H and O–H groups in total. The van der Waals surface area contributed by atoms with E-state index in [1.807, 2.05) is 0 Å². The van der Waals surface area contributed by atoms with E-state index >= 15 is 0 Å². The van der Waals surface area contributed by atoms with Crippen molar-refractivity contribution in [3.8, 4) is 0 Å². The molecule has 0 bridgehead atoms. The number of hydrogen-bond donors (Lipinski definition) is 6. The fourth-order valence-corrected chi connectivity index (χ4v) is 1.59. The lowest BCUT2D eigenvalue weighted by atomic mass is 10.0. The van der Waals surface area contributed by atoms with Crippen molar-refractivity contribution < 1.29 is 51.7 Å². The molecule has 0 heterocycles. The van der Waals surface area contributed by atoms with E-state index in [0.29, 0.717) is 0 Å². The van der Waals surface area contributed by atoms with Crippen LogP contribution in [0, 0.1) is 0 Å². The van der Waals surface area contributed by atoms with Gasteiger partial charge in [0.15, 0.2) is 0 Å². The monoisotopic (exact) mass is 346 g/mol. The molecule has 0 spiro atoms. The summed E-state index contributed by atoms with van der Waals surface area (Å²) in [7, 11) is 0. The summed E-state index contributed by atoms with van der Waals surface area (Å²) in [5, 5.41) is 54.7. The van der Waals surface area contributed by atoms with Crippen LogP contribution in [0.3, 0.4) is 0 Å². The summed E-state index contributed by atoms with van der Waals surface area (Å²) in [5.74, 6) is -4.22. The summed E-state index contributed by atoms with van der Waals surface area (Å²) < 4.78 is 0. The zero-order valence-corrected chi connectivity index (χ0v) is 12.9. The summed E-state index contributed by atoms with van der Waals surface area (Å²) in [6, 6.07) is 8.39. The Hall–Kier alpha value is -2.08. The highest BCUT2D eigenvalue weighted by atomic mass is 16.4. The van der Waals surface area contributed by atoms with Crippen molar-refractivity contribution in [1.82, 2.24) is 0 Å². The van der Waals surface area contributed by atoms with E-state index < -0.39 is 36.4 Å². The van der Waals surface area contributed by atoms with Crippen LogP contribution in [0.1, 0.15) is 11.1 Å². The fraction of sp³-hybridized carbons (Fsp3) is 0.429. The Labute approximate surface area is 137 Å². The van der Waals surface area contributed by atoms with Gasteiger partial charge < -0.3 is 51.7 Å². The molecule has 0 amide bonds. The van der Waals surface area contributed by atoms with Crippen LogP contribution in [-0.2, 0) is 22.7 Å². The highest BCUT2D eigenvalue weighted by Crippen LogP contribution is 2.04. The van der Waals surface area contributed by atoms with Gasteiger partial charge in [0.25, 0.3) is 0 Å². The van der Waals surface area contributed by atoms with Gasteiger partial charge in [-0.2, -0.15) is 0 Å². The zero-order chi connectivity index (χ0) is 18.9. The number of hydrogen-bond acceptors (Lipinski definition) is 8. The third-order valence-corrected chi connectivity index (χ3v) is 3.05. The van der Waals surface area contributed by atoms with E-state index in [0.717, 1.165) is 13.1 Å². The largest absolute Gasteiger partial charge is 0.547 e. The standard InChI is InChI=1S/C8H12N2.C6H10O8/c9-5-7-2-1-3-8(4-7)6-10;7-1(3(9)5(11)12)2(8)4(10)6(13)14/h1-4H,5-6,9-10H2;1-4,7-10H,(H,11,12)(H,13,14). The molecule has 1 aromatic rings. The molecular formula is C14H22N2O8. The third-order valence-electron chi connectivity index (χ3n) is 3.05. The minimum Gasteiger partial charge on any atom is -0.547 e. The van der Waals surface area contributed by atoms with Gasteiger partial charge in [-0.05, 0) is 6.07 Å². The highest BCUT2D eigenvalue weighted by molar-refractivity contribution is 5.72. The minimum absolute atomic E-state index is 0.869. The summed E-state index contributed by atoms with van der Waals surface area (Å²) in [4.78, 5) is 19.9.